The predicted molar refractivity (Wildman–Crippen MR) is 63.5 cm³/mol. The molecule has 0 heterocycles. The molecule has 0 bridgehead atoms. The van der Waals surface area contributed by atoms with Crippen LogP contribution in [0.4, 0.5) is 0 Å². The summed E-state index contributed by atoms with van der Waals surface area (Å²) < 4.78 is 1.16. The Labute approximate surface area is 94.3 Å². The lowest BCUT2D eigenvalue weighted by atomic mass is 10.0. The van der Waals surface area contributed by atoms with Crippen LogP contribution in [0.3, 0.4) is 0 Å². The Bertz CT molecular complexity index is 294. The molecule has 0 aliphatic heterocycles. The number of rotatable bonds is 4. The molecule has 0 unspecified atom stereocenters. The van der Waals surface area contributed by atoms with Gasteiger partial charge in [-0.25, -0.2) is 0 Å². The summed E-state index contributed by atoms with van der Waals surface area (Å²) in [5, 5.41) is 8.81. The van der Waals surface area contributed by atoms with Crippen LogP contribution in [0.25, 0.3) is 0 Å². The van der Waals surface area contributed by atoms with Gasteiger partial charge in [-0.2, -0.15) is 0 Å². The van der Waals surface area contributed by atoms with E-state index in [1.807, 2.05) is 0 Å². The average molecular weight is 257 g/mol. The lowest BCUT2D eigenvalue weighted by Crippen LogP contribution is -1.97. The Kier molecular flexibility index (Phi) is 4.63. The maximum absolute atomic E-state index is 8.81. The van der Waals surface area contributed by atoms with Crippen LogP contribution in [-0.2, 0) is 12.8 Å². The average Bonchev–Trinajstić information content (AvgIpc) is 2.10. The summed E-state index contributed by atoms with van der Waals surface area (Å²) >= 11 is 3.56. The minimum absolute atomic E-state index is 0.218. The fourth-order valence-corrected chi connectivity index (χ4v) is 2.07. The van der Waals surface area contributed by atoms with Gasteiger partial charge in [-0.1, -0.05) is 41.9 Å². The molecule has 0 saturated heterocycles. The van der Waals surface area contributed by atoms with Crippen LogP contribution in [0.15, 0.2) is 22.7 Å². The SMILES string of the molecule is CC(C)Cc1ccc(CCO)cc1Br. The van der Waals surface area contributed by atoms with Gasteiger partial charge in [0.1, 0.15) is 0 Å². The van der Waals surface area contributed by atoms with Crippen molar-refractivity contribution in [2.75, 3.05) is 6.61 Å². The molecule has 1 N–H and O–H groups in total. The number of halogens is 1. The van der Waals surface area contributed by atoms with Crippen LogP contribution < -0.4 is 0 Å². The van der Waals surface area contributed by atoms with Gasteiger partial charge in [0.15, 0.2) is 0 Å². The number of benzene rings is 1. The highest BCUT2D eigenvalue weighted by atomic mass is 79.9. The second kappa shape index (κ2) is 5.52. The summed E-state index contributed by atoms with van der Waals surface area (Å²) in [5.74, 6) is 0.676. The second-order valence-electron chi connectivity index (χ2n) is 4.00. The van der Waals surface area contributed by atoms with E-state index in [0.717, 1.165) is 17.3 Å². The van der Waals surface area contributed by atoms with Crippen LogP contribution in [0.5, 0.6) is 0 Å². The molecule has 0 aliphatic carbocycles. The molecule has 1 nitrogen and oxygen atoms in total. The van der Waals surface area contributed by atoms with Gasteiger partial charge in [0.05, 0.1) is 0 Å². The topological polar surface area (TPSA) is 20.2 Å². The third-order valence-corrected chi connectivity index (χ3v) is 2.88. The van der Waals surface area contributed by atoms with E-state index in [0.29, 0.717) is 5.92 Å². The summed E-state index contributed by atoms with van der Waals surface area (Å²) in [6, 6.07) is 6.35. The van der Waals surface area contributed by atoms with Crippen molar-refractivity contribution in [3.05, 3.63) is 33.8 Å². The van der Waals surface area contributed by atoms with Gasteiger partial charge in [-0.15, -0.1) is 0 Å². The molecule has 0 aromatic heterocycles. The monoisotopic (exact) mass is 256 g/mol. The summed E-state index contributed by atoms with van der Waals surface area (Å²) in [6.07, 6.45) is 1.83. The lowest BCUT2D eigenvalue weighted by Gasteiger charge is -2.08. The third kappa shape index (κ3) is 3.43. The minimum atomic E-state index is 0.218. The first-order valence-corrected chi connectivity index (χ1v) is 5.81. The summed E-state index contributed by atoms with van der Waals surface area (Å²) in [4.78, 5) is 0. The van der Waals surface area contributed by atoms with Crippen LogP contribution in [-0.4, -0.2) is 11.7 Å². The first-order valence-electron chi connectivity index (χ1n) is 5.01. The summed E-state index contributed by atoms with van der Waals surface area (Å²) in [6.45, 7) is 4.65. The van der Waals surface area contributed by atoms with E-state index in [9.17, 15) is 0 Å². The highest BCUT2D eigenvalue weighted by Gasteiger charge is 2.03. The number of aliphatic hydroxyl groups excluding tert-OH is 1. The summed E-state index contributed by atoms with van der Waals surface area (Å²) in [7, 11) is 0. The van der Waals surface area contributed by atoms with Crippen molar-refractivity contribution in [3.8, 4) is 0 Å². The van der Waals surface area contributed by atoms with Gasteiger partial charge >= 0.3 is 0 Å². The number of hydrogen-bond donors (Lipinski definition) is 1. The first kappa shape index (κ1) is 11.7. The van der Waals surface area contributed by atoms with Crippen LogP contribution in [0, 0.1) is 5.92 Å². The molecule has 0 saturated carbocycles. The molecule has 0 radical (unpaired) electrons. The molecular formula is C12H17BrO. The third-order valence-electron chi connectivity index (χ3n) is 2.15. The molecule has 78 valence electrons. The number of hydrogen-bond acceptors (Lipinski definition) is 1. The minimum Gasteiger partial charge on any atom is -0.396 e. The zero-order valence-electron chi connectivity index (χ0n) is 8.76. The van der Waals surface area contributed by atoms with Crippen molar-refractivity contribution in [2.24, 2.45) is 5.92 Å². The Morgan fingerprint density at radius 3 is 2.57 bits per heavy atom. The Balaban J connectivity index is 2.79. The van der Waals surface area contributed by atoms with E-state index >= 15 is 0 Å². The predicted octanol–water partition coefficient (Wildman–Crippen LogP) is 3.18. The molecule has 1 rings (SSSR count). The fourth-order valence-electron chi connectivity index (χ4n) is 1.48. The first-order chi connectivity index (χ1) is 6.63. The van der Waals surface area contributed by atoms with E-state index in [1.54, 1.807) is 0 Å². The maximum atomic E-state index is 8.81. The zero-order chi connectivity index (χ0) is 10.6. The molecule has 0 spiro atoms. The summed E-state index contributed by atoms with van der Waals surface area (Å²) in [5.41, 5.74) is 2.54. The van der Waals surface area contributed by atoms with Crippen LogP contribution >= 0.6 is 15.9 Å². The largest absolute Gasteiger partial charge is 0.396 e. The molecular weight excluding hydrogens is 240 g/mol. The van der Waals surface area contributed by atoms with Crippen molar-refractivity contribution in [1.29, 1.82) is 0 Å². The van der Waals surface area contributed by atoms with E-state index in [1.165, 1.54) is 11.1 Å². The van der Waals surface area contributed by atoms with Gasteiger partial charge in [0.25, 0.3) is 0 Å². The number of aliphatic hydroxyl groups is 1. The van der Waals surface area contributed by atoms with Gasteiger partial charge in [-0.05, 0) is 36.0 Å². The van der Waals surface area contributed by atoms with Gasteiger partial charge in [0, 0.05) is 11.1 Å². The standard InChI is InChI=1S/C12H17BrO/c1-9(2)7-11-4-3-10(5-6-14)8-12(11)13/h3-4,8-9,14H,5-7H2,1-2H3. The maximum Gasteiger partial charge on any atom is 0.0471 e. The fraction of sp³-hybridized carbons (Fsp3) is 0.500. The van der Waals surface area contributed by atoms with Crippen LogP contribution in [0.1, 0.15) is 25.0 Å². The van der Waals surface area contributed by atoms with Gasteiger partial charge in [0.2, 0.25) is 0 Å². The smallest absolute Gasteiger partial charge is 0.0471 e. The van der Waals surface area contributed by atoms with E-state index in [2.05, 4.69) is 48.0 Å². The normalized spacial score (nSPS) is 10.9. The molecule has 14 heavy (non-hydrogen) atoms. The highest BCUT2D eigenvalue weighted by molar-refractivity contribution is 9.10. The molecule has 2 heteroatoms. The molecule has 0 aliphatic rings. The van der Waals surface area contributed by atoms with E-state index in [-0.39, 0.29) is 6.61 Å². The Hall–Kier alpha value is -0.340. The molecule has 0 amide bonds. The van der Waals surface area contributed by atoms with Crippen molar-refractivity contribution >= 4 is 15.9 Å². The van der Waals surface area contributed by atoms with Crippen molar-refractivity contribution < 1.29 is 5.11 Å². The Morgan fingerprint density at radius 2 is 2.07 bits per heavy atom. The zero-order valence-corrected chi connectivity index (χ0v) is 10.3. The lowest BCUT2D eigenvalue weighted by molar-refractivity contribution is 0.299. The molecule has 1 aromatic carbocycles. The quantitative estimate of drug-likeness (QED) is 0.878. The molecule has 0 atom stereocenters. The Morgan fingerprint density at radius 1 is 1.36 bits per heavy atom. The van der Waals surface area contributed by atoms with Crippen molar-refractivity contribution in [2.45, 2.75) is 26.7 Å². The highest BCUT2D eigenvalue weighted by Crippen LogP contribution is 2.21. The van der Waals surface area contributed by atoms with Crippen LogP contribution in [0.2, 0.25) is 0 Å². The van der Waals surface area contributed by atoms with E-state index < -0.39 is 0 Å². The second-order valence-corrected chi connectivity index (χ2v) is 4.85. The van der Waals surface area contributed by atoms with Crippen molar-refractivity contribution in [1.82, 2.24) is 0 Å². The molecule has 1 aromatic rings. The molecule has 0 fully saturated rings. The van der Waals surface area contributed by atoms with Crippen molar-refractivity contribution in [3.63, 3.8) is 0 Å². The van der Waals surface area contributed by atoms with Gasteiger partial charge < -0.3 is 5.11 Å². The van der Waals surface area contributed by atoms with E-state index in [4.69, 9.17) is 5.11 Å². The van der Waals surface area contributed by atoms with Gasteiger partial charge in [-0.3, -0.25) is 0 Å².